The van der Waals surface area contributed by atoms with Gasteiger partial charge in [-0.25, -0.2) is 8.42 Å². The average molecular weight is 388 g/mol. The number of hydrogen-bond acceptors (Lipinski definition) is 4. The second kappa shape index (κ2) is 8.10. The van der Waals surface area contributed by atoms with Crippen molar-refractivity contribution in [2.75, 3.05) is 33.3 Å². The van der Waals surface area contributed by atoms with Gasteiger partial charge in [0.1, 0.15) is 5.75 Å². The molecule has 27 heavy (non-hydrogen) atoms. The van der Waals surface area contributed by atoms with Crippen molar-refractivity contribution >= 4 is 15.9 Å². The van der Waals surface area contributed by atoms with Crippen molar-refractivity contribution in [1.29, 1.82) is 0 Å². The van der Waals surface area contributed by atoms with Gasteiger partial charge in [0.2, 0.25) is 15.9 Å². The van der Waals surface area contributed by atoms with Gasteiger partial charge in [-0.3, -0.25) is 4.79 Å². The fraction of sp³-hybridized carbons (Fsp3) is 0.350. The highest BCUT2D eigenvalue weighted by molar-refractivity contribution is 7.89. The van der Waals surface area contributed by atoms with Crippen LogP contribution in [0.3, 0.4) is 0 Å². The van der Waals surface area contributed by atoms with Gasteiger partial charge in [-0.05, 0) is 36.2 Å². The molecule has 0 saturated carbocycles. The highest BCUT2D eigenvalue weighted by Crippen LogP contribution is 2.21. The molecular formula is C20H24N2O4S. The van der Waals surface area contributed by atoms with Crippen LogP contribution in [0.2, 0.25) is 0 Å². The number of nitrogens with zero attached hydrogens (tertiary/aromatic N) is 2. The Morgan fingerprint density at radius 3 is 2.22 bits per heavy atom. The minimum Gasteiger partial charge on any atom is -0.497 e. The van der Waals surface area contributed by atoms with E-state index in [0.29, 0.717) is 37.5 Å². The molecule has 1 saturated heterocycles. The van der Waals surface area contributed by atoms with Crippen molar-refractivity contribution < 1.29 is 17.9 Å². The molecule has 0 aromatic heterocycles. The lowest BCUT2D eigenvalue weighted by Gasteiger charge is -2.34. The third-order valence-electron chi connectivity index (χ3n) is 4.82. The van der Waals surface area contributed by atoms with Crippen molar-refractivity contribution in [3.63, 3.8) is 0 Å². The molecular weight excluding hydrogens is 364 g/mol. The van der Waals surface area contributed by atoms with E-state index in [1.807, 2.05) is 30.3 Å². The van der Waals surface area contributed by atoms with Crippen molar-refractivity contribution in [3.8, 4) is 5.75 Å². The molecule has 1 heterocycles. The van der Waals surface area contributed by atoms with E-state index >= 15 is 0 Å². The summed E-state index contributed by atoms with van der Waals surface area (Å²) in [5, 5.41) is 0. The van der Waals surface area contributed by atoms with E-state index in [9.17, 15) is 13.2 Å². The molecule has 0 bridgehead atoms. The van der Waals surface area contributed by atoms with Crippen LogP contribution in [0.15, 0.2) is 53.4 Å². The van der Waals surface area contributed by atoms with Crippen LogP contribution < -0.4 is 4.74 Å². The molecule has 2 aromatic rings. The Balaban J connectivity index is 1.61. The van der Waals surface area contributed by atoms with E-state index in [1.54, 1.807) is 37.1 Å². The number of rotatable bonds is 5. The number of methoxy groups -OCH3 is 1. The van der Waals surface area contributed by atoms with Gasteiger partial charge in [0.25, 0.3) is 0 Å². The first kappa shape index (κ1) is 19.4. The number of amides is 1. The smallest absolute Gasteiger partial charge is 0.243 e. The largest absolute Gasteiger partial charge is 0.497 e. The number of sulfonamides is 1. The standard InChI is InChI=1S/C20H24N2O4S/c1-16-5-3-4-6-19(16)27(24,25)22-13-11-21(12-14-22)20(23)15-17-7-9-18(26-2)10-8-17/h3-10H,11-15H2,1-2H3. The zero-order valence-corrected chi connectivity index (χ0v) is 16.4. The van der Waals surface area contributed by atoms with Crippen molar-refractivity contribution in [1.82, 2.24) is 9.21 Å². The van der Waals surface area contributed by atoms with Crippen LogP contribution in [0.4, 0.5) is 0 Å². The molecule has 0 spiro atoms. The first-order valence-corrected chi connectivity index (χ1v) is 10.3. The summed E-state index contributed by atoms with van der Waals surface area (Å²) >= 11 is 0. The minimum absolute atomic E-state index is 0.00751. The molecule has 1 amide bonds. The van der Waals surface area contributed by atoms with E-state index < -0.39 is 10.0 Å². The Labute approximate surface area is 160 Å². The van der Waals surface area contributed by atoms with Gasteiger partial charge in [-0.1, -0.05) is 30.3 Å². The van der Waals surface area contributed by atoms with Gasteiger partial charge < -0.3 is 9.64 Å². The molecule has 0 unspecified atom stereocenters. The Morgan fingerprint density at radius 2 is 1.63 bits per heavy atom. The number of carbonyl (C=O) groups is 1. The summed E-state index contributed by atoms with van der Waals surface area (Å²) in [6.07, 6.45) is 0.300. The van der Waals surface area contributed by atoms with Gasteiger partial charge in [0, 0.05) is 26.2 Å². The monoisotopic (exact) mass is 388 g/mol. The maximum Gasteiger partial charge on any atom is 0.243 e. The summed E-state index contributed by atoms with van der Waals surface area (Å²) in [7, 11) is -1.93. The zero-order chi connectivity index (χ0) is 19.4. The number of benzene rings is 2. The molecule has 0 atom stereocenters. The van der Waals surface area contributed by atoms with E-state index in [1.165, 1.54) is 4.31 Å². The molecule has 0 radical (unpaired) electrons. The van der Waals surface area contributed by atoms with E-state index in [0.717, 1.165) is 16.9 Å². The lowest BCUT2D eigenvalue weighted by molar-refractivity contribution is -0.131. The van der Waals surface area contributed by atoms with Crippen molar-refractivity contribution in [2.24, 2.45) is 0 Å². The first-order chi connectivity index (χ1) is 12.9. The van der Waals surface area contributed by atoms with Crippen LogP contribution in [-0.2, 0) is 21.2 Å². The third kappa shape index (κ3) is 4.31. The lowest BCUT2D eigenvalue weighted by atomic mass is 10.1. The Bertz CT molecular complexity index is 902. The summed E-state index contributed by atoms with van der Waals surface area (Å²) in [4.78, 5) is 14.6. The van der Waals surface area contributed by atoms with Crippen molar-refractivity contribution in [2.45, 2.75) is 18.2 Å². The molecule has 1 aliphatic heterocycles. The number of hydrogen-bond donors (Lipinski definition) is 0. The summed E-state index contributed by atoms with van der Waals surface area (Å²) < 4.78 is 32.3. The quantitative estimate of drug-likeness (QED) is 0.787. The van der Waals surface area contributed by atoms with Gasteiger partial charge in [-0.2, -0.15) is 4.31 Å². The molecule has 2 aromatic carbocycles. The second-order valence-corrected chi connectivity index (χ2v) is 8.48. The van der Waals surface area contributed by atoms with E-state index in [4.69, 9.17) is 4.74 Å². The third-order valence-corrected chi connectivity index (χ3v) is 6.88. The highest BCUT2D eigenvalue weighted by Gasteiger charge is 2.30. The fourth-order valence-corrected chi connectivity index (χ4v) is 4.84. The topological polar surface area (TPSA) is 66.9 Å². The van der Waals surface area contributed by atoms with Crippen LogP contribution in [0.1, 0.15) is 11.1 Å². The number of carbonyl (C=O) groups excluding carboxylic acids is 1. The fourth-order valence-electron chi connectivity index (χ4n) is 3.19. The van der Waals surface area contributed by atoms with Crippen LogP contribution in [-0.4, -0.2) is 56.8 Å². The minimum atomic E-state index is -3.53. The second-order valence-electron chi connectivity index (χ2n) is 6.58. The Hall–Kier alpha value is -2.38. The van der Waals surface area contributed by atoms with Crippen LogP contribution in [0, 0.1) is 6.92 Å². The van der Waals surface area contributed by atoms with Gasteiger partial charge in [-0.15, -0.1) is 0 Å². The number of aryl methyl sites for hydroxylation is 1. The zero-order valence-electron chi connectivity index (χ0n) is 15.6. The van der Waals surface area contributed by atoms with Gasteiger partial charge >= 0.3 is 0 Å². The average Bonchev–Trinajstić information content (AvgIpc) is 2.69. The summed E-state index contributed by atoms with van der Waals surface area (Å²) in [6, 6.07) is 14.4. The normalized spacial score (nSPS) is 15.6. The SMILES string of the molecule is COc1ccc(CC(=O)N2CCN(S(=O)(=O)c3ccccc3C)CC2)cc1. The van der Waals surface area contributed by atoms with Crippen LogP contribution in [0.25, 0.3) is 0 Å². The molecule has 7 heteroatoms. The Kier molecular flexibility index (Phi) is 5.82. The van der Waals surface area contributed by atoms with Gasteiger partial charge in [0.15, 0.2) is 0 Å². The highest BCUT2D eigenvalue weighted by atomic mass is 32.2. The molecule has 3 rings (SSSR count). The van der Waals surface area contributed by atoms with Gasteiger partial charge in [0.05, 0.1) is 18.4 Å². The maximum atomic E-state index is 12.8. The van der Waals surface area contributed by atoms with Crippen molar-refractivity contribution in [3.05, 3.63) is 59.7 Å². The molecule has 0 aliphatic carbocycles. The maximum absolute atomic E-state index is 12.8. The molecule has 1 aliphatic rings. The van der Waals surface area contributed by atoms with Crippen LogP contribution >= 0.6 is 0 Å². The summed E-state index contributed by atoms with van der Waals surface area (Å²) in [6.45, 7) is 3.22. The molecule has 6 nitrogen and oxygen atoms in total. The predicted octanol–water partition coefficient (Wildman–Crippen LogP) is 2.08. The number of ether oxygens (including phenoxy) is 1. The predicted molar refractivity (Wildman–Crippen MR) is 103 cm³/mol. The number of piperazine rings is 1. The Morgan fingerprint density at radius 1 is 1.00 bits per heavy atom. The molecule has 1 fully saturated rings. The summed E-state index contributed by atoms with van der Waals surface area (Å²) in [5.74, 6) is 0.759. The van der Waals surface area contributed by atoms with E-state index in [2.05, 4.69) is 0 Å². The lowest BCUT2D eigenvalue weighted by Crippen LogP contribution is -2.50. The first-order valence-electron chi connectivity index (χ1n) is 8.88. The van der Waals surface area contributed by atoms with Crippen LogP contribution in [0.5, 0.6) is 5.75 Å². The summed E-state index contributed by atoms with van der Waals surface area (Å²) in [5.41, 5.74) is 1.64. The van der Waals surface area contributed by atoms with E-state index in [-0.39, 0.29) is 5.91 Å². The molecule has 0 N–H and O–H groups in total. The molecule has 144 valence electrons.